The number of ether oxygens (including phenoxy) is 1. The van der Waals surface area contributed by atoms with Crippen molar-refractivity contribution in [2.75, 3.05) is 37.9 Å². The van der Waals surface area contributed by atoms with Crippen LogP contribution < -0.4 is 15.9 Å². The summed E-state index contributed by atoms with van der Waals surface area (Å²) in [4.78, 5) is 12.2. The number of benzene rings is 1. The summed E-state index contributed by atoms with van der Waals surface area (Å²) in [5.74, 6) is 0.707. The number of hydrogen-bond acceptors (Lipinski definition) is 8. The Kier molecular flexibility index (Phi) is 6.93. The molecule has 3 heterocycles. The summed E-state index contributed by atoms with van der Waals surface area (Å²) in [6.45, 7) is 7.55. The van der Waals surface area contributed by atoms with Gasteiger partial charge in [-0.1, -0.05) is 29.4 Å². The van der Waals surface area contributed by atoms with Gasteiger partial charge in [0.25, 0.3) is 0 Å². The molecule has 174 valence electrons. The lowest BCUT2D eigenvalue weighted by atomic mass is 9.73. The fourth-order valence-electron chi connectivity index (χ4n) is 4.57. The third kappa shape index (κ3) is 4.59. The summed E-state index contributed by atoms with van der Waals surface area (Å²) < 4.78 is 18.3. The summed E-state index contributed by atoms with van der Waals surface area (Å²) in [6, 6.07) is 5.57. The van der Waals surface area contributed by atoms with Crippen molar-refractivity contribution in [3.63, 3.8) is 0 Å². The van der Waals surface area contributed by atoms with E-state index in [1.807, 2.05) is 19.1 Å². The first kappa shape index (κ1) is 24.0. The number of rotatable bonds is 5. The Morgan fingerprint density at radius 2 is 2.09 bits per heavy atom. The second-order valence-corrected chi connectivity index (χ2v) is 13.7. The molecule has 2 aliphatic heterocycles. The standard InChI is InChI=1S/C22H30ClN4O3PS/c1-14-20(24)22(13-30-14)7-9-27(10-8-22)21-15(12-28)26-18(11-25-21)32-17-6-4-5-16(19(17)23)31(2,3)29/h4-6,11,14,20,28H,7-10,12-13,24H2,1-3H3/t14-,20+/m0/s1. The maximum absolute atomic E-state index is 12.5. The van der Waals surface area contributed by atoms with Crippen molar-refractivity contribution in [2.45, 2.75) is 48.4 Å². The predicted octanol–water partition coefficient (Wildman–Crippen LogP) is 3.35. The van der Waals surface area contributed by atoms with E-state index in [9.17, 15) is 9.67 Å². The molecule has 2 aromatic rings. The van der Waals surface area contributed by atoms with Crippen molar-refractivity contribution in [3.8, 4) is 0 Å². The fourth-order valence-corrected chi connectivity index (χ4v) is 7.36. The monoisotopic (exact) mass is 496 g/mol. The van der Waals surface area contributed by atoms with E-state index in [2.05, 4.69) is 14.9 Å². The highest BCUT2D eigenvalue weighted by molar-refractivity contribution is 7.99. The van der Waals surface area contributed by atoms with Crippen LogP contribution in [0, 0.1) is 5.41 Å². The van der Waals surface area contributed by atoms with Crippen LogP contribution in [0.1, 0.15) is 25.5 Å². The van der Waals surface area contributed by atoms with Gasteiger partial charge >= 0.3 is 0 Å². The minimum atomic E-state index is -2.49. The molecule has 0 aliphatic carbocycles. The van der Waals surface area contributed by atoms with Crippen LogP contribution in [-0.2, 0) is 15.9 Å². The molecule has 32 heavy (non-hydrogen) atoms. The fraction of sp³-hybridized carbons (Fsp3) is 0.545. The van der Waals surface area contributed by atoms with E-state index in [1.165, 1.54) is 11.8 Å². The zero-order chi connectivity index (χ0) is 23.1. The molecule has 3 N–H and O–H groups in total. The average molecular weight is 497 g/mol. The van der Waals surface area contributed by atoms with Crippen LogP contribution in [0.15, 0.2) is 34.3 Å². The Labute approximate surface area is 198 Å². The third-order valence-electron chi connectivity index (χ3n) is 6.59. The molecule has 0 amide bonds. The number of hydrogen-bond donors (Lipinski definition) is 2. The highest BCUT2D eigenvalue weighted by Crippen LogP contribution is 2.43. The topological polar surface area (TPSA) is 102 Å². The molecule has 0 bridgehead atoms. The highest BCUT2D eigenvalue weighted by Gasteiger charge is 2.47. The predicted molar refractivity (Wildman–Crippen MR) is 130 cm³/mol. The molecule has 1 spiro atoms. The van der Waals surface area contributed by atoms with Gasteiger partial charge in [-0.25, -0.2) is 9.97 Å². The van der Waals surface area contributed by atoms with Crippen molar-refractivity contribution in [1.82, 2.24) is 9.97 Å². The molecular formula is C22H30ClN4O3PS. The largest absolute Gasteiger partial charge is 0.390 e. The van der Waals surface area contributed by atoms with Crippen LogP contribution in [0.5, 0.6) is 0 Å². The molecular weight excluding hydrogens is 467 g/mol. The maximum Gasteiger partial charge on any atom is 0.152 e. The zero-order valence-corrected chi connectivity index (χ0v) is 21.1. The van der Waals surface area contributed by atoms with Crippen molar-refractivity contribution in [3.05, 3.63) is 35.1 Å². The Morgan fingerprint density at radius 1 is 1.38 bits per heavy atom. The minimum Gasteiger partial charge on any atom is -0.390 e. The number of anilines is 1. The van der Waals surface area contributed by atoms with Crippen LogP contribution in [0.2, 0.25) is 5.02 Å². The molecule has 1 aromatic heterocycles. The normalized spacial score (nSPS) is 23.1. The van der Waals surface area contributed by atoms with Gasteiger partial charge in [0.05, 0.1) is 30.5 Å². The minimum absolute atomic E-state index is 0.0261. The first-order valence-corrected chi connectivity index (χ1v) is 14.5. The summed E-state index contributed by atoms with van der Waals surface area (Å²) in [5, 5.41) is 11.8. The number of halogens is 1. The van der Waals surface area contributed by atoms with E-state index in [4.69, 9.17) is 22.1 Å². The van der Waals surface area contributed by atoms with E-state index >= 15 is 0 Å². The molecule has 4 rings (SSSR count). The van der Waals surface area contributed by atoms with Crippen LogP contribution in [0.25, 0.3) is 0 Å². The van der Waals surface area contributed by atoms with Crippen molar-refractivity contribution >= 4 is 41.6 Å². The Morgan fingerprint density at radius 3 is 2.69 bits per heavy atom. The van der Waals surface area contributed by atoms with Gasteiger partial charge in [0.1, 0.15) is 17.9 Å². The molecule has 2 fully saturated rings. The summed E-state index contributed by atoms with van der Waals surface area (Å²) in [7, 11) is -2.49. The van der Waals surface area contributed by atoms with E-state index < -0.39 is 7.14 Å². The Hall–Kier alpha value is -1.15. The Balaban J connectivity index is 1.52. The number of nitrogens with zero attached hydrogens (tertiary/aromatic N) is 3. The van der Waals surface area contributed by atoms with E-state index in [0.29, 0.717) is 33.5 Å². The van der Waals surface area contributed by atoms with Crippen LogP contribution in [0.4, 0.5) is 5.82 Å². The SMILES string of the molecule is C[C@@H]1OCC2(CCN(c3ncc(Sc4cccc(P(C)(C)=O)c4Cl)nc3CO)CC2)[C@@H]1N. The van der Waals surface area contributed by atoms with Crippen molar-refractivity contribution in [2.24, 2.45) is 11.1 Å². The molecule has 7 nitrogen and oxygen atoms in total. The Bertz CT molecular complexity index is 1040. The van der Waals surface area contributed by atoms with Crippen LogP contribution >= 0.6 is 30.5 Å². The van der Waals surface area contributed by atoms with Crippen molar-refractivity contribution < 1.29 is 14.4 Å². The van der Waals surface area contributed by atoms with Gasteiger partial charge in [-0.3, -0.25) is 0 Å². The molecule has 10 heteroatoms. The van der Waals surface area contributed by atoms with E-state index in [1.54, 1.807) is 25.6 Å². The van der Waals surface area contributed by atoms with Crippen molar-refractivity contribution in [1.29, 1.82) is 0 Å². The van der Waals surface area contributed by atoms with Gasteiger partial charge in [0, 0.05) is 34.7 Å². The number of nitrogens with two attached hydrogens (primary N) is 1. The maximum atomic E-state index is 12.5. The van der Waals surface area contributed by atoms with Gasteiger partial charge < -0.3 is 25.0 Å². The van der Waals surface area contributed by atoms with Gasteiger partial charge in [-0.15, -0.1) is 0 Å². The summed E-state index contributed by atoms with van der Waals surface area (Å²) >= 11 is 7.89. The lowest BCUT2D eigenvalue weighted by Crippen LogP contribution is -2.51. The third-order valence-corrected chi connectivity index (χ3v) is 9.74. The quantitative estimate of drug-likeness (QED) is 0.608. The van der Waals surface area contributed by atoms with Gasteiger partial charge in [-0.05, 0) is 45.2 Å². The smallest absolute Gasteiger partial charge is 0.152 e. The first-order valence-electron chi connectivity index (χ1n) is 10.8. The first-order chi connectivity index (χ1) is 15.1. The number of piperidine rings is 1. The zero-order valence-electron chi connectivity index (χ0n) is 18.6. The highest BCUT2D eigenvalue weighted by atomic mass is 35.5. The molecule has 0 saturated carbocycles. The van der Waals surface area contributed by atoms with E-state index in [0.717, 1.165) is 30.8 Å². The molecule has 0 radical (unpaired) electrons. The van der Waals surface area contributed by atoms with Crippen LogP contribution in [-0.4, -0.2) is 60.2 Å². The van der Waals surface area contributed by atoms with Gasteiger partial charge in [0.15, 0.2) is 5.82 Å². The average Bonchev–Trinajstić information content (AvgIpc) is 3.03. The van der Waals surface area contributed by atoms with Crippen LogP contribution in [0.3, 0.4) is 0 Å². The molecule has 1 aromatic carbocycles. The molecule has 2 atom stereocenters. The molecule has 2 saturated heterocycles. The molecule has 0 unspecified atom stereocenters. The van der Waals surface area contributed by atoms with Gasteiger partial charge in [0.2, 0.25) is 0 Å². The molecule has 2 aliphatic rings. The lowest BCUT2D eigenvalue weighted by Gasteiger charge is -2.41. The second kappa shape index (κ2) is 9.24. The summed E-state index contributed by atoms with van der Waals surface area (Å²) in [6.07, 6.45) is 3.65. The number of aliphatic hydroxyl groups excluding tert-OH is 1. The lowest BCUT2D eigenvalue weighted by molar-refractivity contribution is 0.0973. The van der Waals surface area contributed by atoms with Gasteiger partial charge in [-0.2, -0.15) is 0 Å². The second-order valence-electron chi connectivity index (χ2n) is 9.07. The summed E-state index contributed by atoms with van der Waals surface area (Å²) in [5.41, 5.74) is 6.99. The number of aromatic nitrogens is 2. The van der Waals surface area contributed by atoms with E-state index in [-0.39, 0.29) is 24.2 Å². The number of aliphatic hydroxyl groups is 1.